The topological polar surface area (TPSA) is 69.5 Å². The van der Waals surface area contributed by atoms with Gasteiger partial charge in [0.2, 0.25) is 5.88 Å². The maximum atomic E-state index is 12.4. The SMILES string of the molecule is Cn1ccc(C(=O)N2CC3(C[C@@H](Oc4ccccn4)CCO3)C2)n1. The third-order valence-electron chi connectivity index (χ3n) is 4.55. The molecule has 2 saturated heterocycles. The molecule has 1 spiro atoms. The summed E-state index contributed by atoms with van der Waals surface area (Å²) in [4.78, 5) is 18.4. The van der Waals surface area contributed by atoms with Gasteiger partial charge in [0, 0.05) is 38.3 Å². The fourth-order valence-corrected chi connectivity index (χ4v) is 3.38. The van der Waals surface area contributed by atoms with Crippen LogP contribution in [-0.4, -0.2) is 57.0 Å². The quantitative estimate of drug-likeness (QED) is 0.849. The molecule has 2 aromatic heterocycles. The van der Waals surface area contributed by atoms with E-state index in [1.54, 1.807) is 35.1 Å². The lowest BCUT2D eigenvalue weighted by atomic mass is 9.84. The molecule has 126 valence electrons. The number of carbonyl (C=O) groups excluding carboxylic acids is 1. The van der Waals surface area contributed by atoms with Crippen LogP contribution in [0.4, 0.5) is 0 Å². The lowest BCUT2D eigenvalue weighted by Gasteiger charge is -2.52. The van der Waals surface area contributed by atoms with Crippen molar-refractivity contribution in [3.05, 3.63) is 42.4 Å². The second-order valence-electron chi connectivity index (χ2n) is 6.47. The molecule has 0 unspecified atom stereocenters. The van der Waals surface area contributed by atoms with Crippen molar-refractivity contribution in [3.63, 3.8) is 0 Å². The molecule has 2 fully saturated rings. The summed E-state index contributed by atoms with van der Waals surface area (Å²) >= 11 is 0. The lowest BCUT2D eigenvalue weighted by molar-refractivity contribution is -0.174. The minimum absolute atomic E-state index is 0.0439. The molecular weight excluding hydrogens is 308 g/mol. The van der Waals surface area contributed by atoms with Crippen LogP contribution < -0.4 is 4.74 Å². The van der Waals surface area contributed by atoms with Crippen molar-refractivity contribution in [2.24, 2.45) is 7.05 Å². The van der Waals surface area contributed by atoms with Crippen molar-refractivity contribution < 1.29 is 14.3 Å². The van der Waals surface area contributed by atoms with Crippen LogP contribution >= 0.6 is 0 Å². The standard InChI is InChI=1S/C17H20N4O3/c1-20-8-5-14(19-20)16(22)21-11-17(12-21)10-13(6-9-23-17)24-15-4-2-3-7-18-15/h2-5,7-8,13H,6,9-12H2,1H3/t13-/m0/s1. The number of likely N-dealkylation sites (tertiary alicyclic amines) is 1. The molecule has 2 aliphatic heterocycles. The summed E-state index contributed by atoms with van der Waals surface area (Å²) in [7, 11) is 1.80. The zero-order chi connectivity index (χ0) is 16.6. The lowest BCUT2D eigenvalue weighted by Crippen LogP contribution is -2.67. The molecule has 2 aliphatic rings. The Kier molecular flexibility index (Phi) is 3.72. The highest BCUT2D eigenvalue weighted by Crippen LogP contribution is 2.36. The Bertz CT molecular complexity index is 724. The first kappa shape index (κ1) is 15.1. The van der Waals surface area contributed by atoms with Gasteiger partial charge in [-0.15, -0.1) is 0 Å². The van der Waals surface area contributed by atoms with E-state index >= 15 is 0 Å². The summed E-state index contributed by atoms with van der Waals surface area (Å²) in [6.45, 7) is 1.82. The van der Waals surface area contributed by atoms with Gasteiger partial charge in [-0.3, -0.25) is 9.48 Å². The van der Waals surface area contributed by atoms with Crippen molar-refractivity contribution >= 4 is 5.91 Å². The molecule has 1 amide bonds. The van der Waals surface area contributed by atoms with Gasteiger partial charge < -0.3 is 14.4 Å². The van der Waals surface area contributed by atoms with Gasteiger partial charge in [0.15, 0.2) is 0 Å². The number of hydrogen-bond donors (Lipinski definition) is 0. The molecule has 0 aliphatic carbocycles. The first-order valence-electron chi connectivity index (χ1n) is 8.14. The van der Waals surface area contributed by atoms with Crippen LogP contribution in [0.5, 0.6) is 5.88 Å². The van der Waals surface area contributed by atoms with Crippen LogP contribution in [0.3, 0.4) is 0 Å². The molecule has 0 aromatic carbocycles. The van der Waals surface area contributed by atoms with Crippen LogP contribution in [0.2, 0.25) is 0 Å². The van der Waals surface area contributed by atoms with Crippen LogP contribution in [0.15, 0.2) is 36.7 Å². The third-order valence-corrected chi connectivity index (χ3v) is 4.55. The molecule has 0 radical (unpaired) electrons. The highest BCUT2D eigenvalue weighted by atomic mass is 16.5. The maximum Gasteiger partial charge on any atom is 0.274 e. The van der Waals surface area contributed by atoms with E-state index < -0.39 is 0 Å². The third kappa shape index (κ3) is 2.87. The molecule has 4 heterocycles. The normalized spacial score (nSPS) is 22.2. The summed E-state index contributed by atoms with van der Waals surface area (Å²) in [6.07, 6.45) is 5.18. The first-order chi connectivity index (χ1) is 11.6. The zero-order valence-electron chi connectivity index (χ0n) is 13.6. The highest BCUT2D eigenvalue weighted by Gasteiger charge is 2.50. The molecule has 7 heteroatoms. The molecule has 1 atom stereocenters. The monoisotopic (exact) mass is 328 g/mol. The number of nitrogens with zero attached hydrogens (tertiary/aromatic N) is 4. The highest BCUT2D eigenvalue weighted by molar-refractivity contribution is 5.93. The predicted octanol–water partition coefficient (Wildman–Crippen LogP) is 1.27. The number of carbonyl (C=O) groups is 1. The molecule has 7 nitrogen and oxygen atoms in total. The first-order valence-corrected chi connectivity index (χ1v) is 8.14. The summed E-state index contributed by atoms with van der Waals surface area (Å²) < 4.78 is 13.6. The molecule has 2 aromatic rings. The van der Waals surface area contributed by atoms with E-state index in [2.05, 4.69) is 10.1 Å². The smallest absolute Gasteiger partial charge is 0.274 e. The number of pyridine rings is 1. The Morgan fingerprint density at radius 3 is 2.96 bits per heavy atom. The van der Waals surface area contributed by atoms with Gasteiger partial charge in [-0.05, 0) is 12.1 Å². The van der Waals surface area contributed by atoms with Gasteiger partial charge >= 0.3 is 0 Å². The fourth-order valence-electron chi connectivity index (χ4n) is 3.38. The van der Waals surface area contributed by atoms with Gasteiger partial charge in [0.25, 0.3) is 5.91 Å². The molecule has 0 bridgehead atoms. The number of rotatable bonds is 3. The van der Waals surface area contributed by atoms with Crippen molar-refractivity contribution in [2.45, 2.75) is 24.5 Å². The number of aromatic nitrogens is 3. The zero-order valence-corrected chi connectivity index (χ0v) is 13.6. The van der Waals surface area contributed by atoms with Crippen molar-refractivity contribution in [3.8, 4) is 5.88 Å². The number of ether oxygens (including phenoxy) is 2. The summed E-state index contributed by atoms with van der Waals surface area (Å²) in [5.41, 5.74) is 0.187. The molecular formula is C17H20N4O3. The van der Waals surface area contributed by atoms with Crippen LogP contribution in [0.1, 0.15) is 23.3 Å². The minimum atomic E-state index is -0.290. The van der Waals surface area contributed by atoms with E-state index in [-0.39, 0.29) is 17.6 Å². The Hall–Kier alpha value is -2.41. The fraction of sp³-hybridized carbons (Fsp3) is 0.471. The van der Waals surface area contributed by atoms with Gasteiger partial charge in [-0.25, -0.2) is 4.98 Å². The minimum Gasteiger partial charge on any atom is -0.474 e. The maximum absolute atomic E-state index is 12.4. The second-order valence-corrected chi connectivity index (χ2v) is 6.47. The van der Waals surface area contributed by atoms with E-state index in [0.717, 1.165) is 12.8 Å². The molecule has 24 heavy (non-hydrogen) atoms. The summed E-state index contributed by atoms with van der Waals surface area (Å²) in [5.74, 6) is 0.595. The number of hydrogen-bond acceptors (Lipinski definition) is 5. The van der Waals surface area contributed by atoms with Gasteiger partial charge in [0.05, 0.1) is 19.7 Å². The Balaban J connectivity index is 1.36. The van der Waals surface area contributed by atoms with Crippen LogP contribution in [-0.2, 0) is 11.8 Å². The molecule has 4 rings (SSSR count). The van der Waals surface area contributed by atoms with Gasteiger partial charge in [-0.1, -0.05) is 6.07 Å². The summed E-state index contributed by atoms with van der Waals surface area (Å²) in [6, 6.07) is 7.38. The average molecular weight is 328 g/mol. The van der Waals surface area contributed by atoms with E-state index in [0.29, 0.717) is 31.3 Å². The van der Waals surface area contributed by atoms with Crippen molar-refractivity contribution in [1.82, 2.24) is 19.7 Å². The number of aryl methyl sites for hydroxylation is 1. The Morgan fingerprint density at radius 2 is 2.25 bits per heavy atom. The summed E-state index contributed by atoms with van der Waals surface area (Å²) in [5, 5.41) is 4.17. The van der Waals surface area contributed by atoms with Gasteiger partial charge in [-0.2, -0.15) is 5.10 Å². The average Bonchev–Trinajstić information content (AvgIpc) is 3.00. The molecule has 0 N–H and O–H groups in total. The Labute approximate surface area is 140 Å². The van der Waals surface area contributed by atoms with E-state index in [1.807, 2.05) is 18.2 Å². The van der Waals surface area contributed by atoms with Gasteiger partial charge in [0.1, 0.15) is 17.4 Å². The molecule has 0 saturated carbocycles. The van der Waals surface area contributed by atoms with E-state index in [1.165, 1.54) is 0 Å². The van der Waals surface area contributed by atoms with Crippen LogP contribution in [0, 0.1) is 0 Å². The van der Waals surface area contributed by atoms with Crippen LogP contribution in [0.25, 0.3) is 0 Å². The van der Waals surface area contributed by atoms with Crippen molar-refractivity contribution in [1.29, 1.82) is 0 Å². The van der Waals surface area contributed by atoms with Crippen molar-refractivity contribution in [2.75, 3.05) is 19.7 Å². The van der Waals surface area contributed by atoms with E-state index in [4.69, 9.17) is 9.47 Å². The van der Waals surface area contributed by atoms with E-state index in [9.17, 15) is 4.79 Å². The number of amides is 1. The predicted molar refractivity (Wildman–Crippen MR) is 85.7 cm³/mol. The largest absolute Gasteiger partial charge is 0.474 e. The Morgan fingerprint density at radius 1 is 1.38 bits per heavy atom. The second kappa shape index (κ2) is 5.90.